The Kier molecular flexibility index (Phi) is 6.07. The largest absolute Gasteiger partial charge is 0.471 e. The van der Waals surface area contributed by atoms with Crippen molar-refractivity contribution in [3.8, 4) is 0 Å². The predicted octanol–water partition coefficient (Wildman–Crippen LogP) is 1.45. The van der Waals surface area contributed by atoms with Gasteiger partial charge in [-0.3, -0.25) is 4.79 Å². The molecule has 0 aromatic heterocycles. The zero-order valence-electron chi connectivity index (χ0n) is 13.6. The second-order valence-corrected chi connectivity index (χ2v) is 7.27. The lowest BCUT2D eigenvalue weighted by Gasteiger charge is -2.29. The first-order chi connectivity index (χ1) is 11.6. The molecule has 1 aliphatic rings. The molecule has 25 heavy (non-hydrogen) atoms. The van der Waals surface area contributed by atoms with Crippen molar-refractivity contribution in [2.45, 2.75) is 31.0 Å². The maximum Gasteiger partial charge on any atom is 0.471 e. The van der Waals surface area contributed by atoms with E-state index in [0.29, 0.717) is 17.1 Å². The van der Waals surface area contributed by atoms with Crippen LogP contribution in [0.3, 0.4) is 0 Å². The van der Waals surface area contributed by atoms with E-state index in [-0.39, 0.29) is 37.6 Å². The normalized spacial score (nSPS) is 15.1. The molecule has 1 N–H and O–H groups in total. The van der Waals surface area contributed by atoms with Crippen LogP contribution >= 0.6 is 0 Å². The summed E-state index contributed by atoms with van der Waals surface area (Å²) in [6.07, 6.45) is -4.70. The maximum absolute atomic E-state index is 12.6. The molecule has 1 aromatic carbocycles. The van der Waals surface area contributed by atoms with Crippen LogP contribution in [0.1, 0.15) is 18.1 Å². The number of fused-ring (bicyclic) bond motifs is 1. The van der Waals surface area contributed by atoms with Crippen LogP contribution < -0.4 is 4.72 Å². The third-order valence-electron chi connectivity index (χ3n) is 3.77. The summed E-state index contributed by atoms with van der Waals surface area (Å²) < 4.78 is 69.6. The minimum Gasteiger partial charge on any atom is -0.380 e. The number of halogens is 3. The summed E-state index contributed by atoms with van der Waals surface area (Å²) in [4.78, 5) is 12.0. The molecular weight excluding hydrogens is 361 g/mol. The lowest BCUT2D eigenvalue weighted by atomic mass is 10.00. The van der Waals surface area contributed by atoms with Gasteiger partial charge in [-0.15, -0.1) is 0 Å². The van der Waals surface area contributed by atoms with Crippen LogP contribution in [0, 0.1) is 0 Å². The molecule has 0 unspecified atom stereocenters. The molecule has 1 amide bonds. The van der Waals surface area contributed by atoms with Crippen molar-refractivity contribution >= 4 is 15.9 Å². The van der Waals surface area contributed by atoms with Crippen molar-refractivity contribution in [3.63, 3.8) is 0 Å². The molecule has 140 valence electrons. The quantitative estimate of drug-likeness (QED) is 0.758. The predicted molar refractivity (Wildman–Crippen MR) is 83.3 cm³/mol. The van der Waals surface area contributed by atoms with E-state index < -0.39 is 22.1 Å². The van der Waals surface area contributed by atoms with E-state index in [1.54, 1.807) is 13.0 Å². The number of rotatable bonds is 6. The zero-order valence-corrected chi connectivity index (χ0v) is 14.4. The van der Waals surface area contributed by atoms with Crippen LogP contribution in [0.15, 0.2) is 23.1 Å². The van der Waals surface area contributed by atoms with Gasteiger partial charge in [0.1, 0.15) is 0 Å². The average molecular weight is 380 g/mol. The molecule has 6 nitrogen and oxygen atoms in total. The molecule has 0 bridgehead atoms. The highest BCUT2D eigenvalue weighted by Crippen LogP contribution is 2.26. The Morgan fingerprint density at radius 2 is 2.04 bits per heavy atom. The second kappa shape index (κ2) is 7.71. The smallest absolute Gasteiger partial charge is 0.380 e. The third-order valence-corrected chi connectivity index (χ3v) is 5.23. The molecule has 0 spiro atoms. The van der Waals surface area contributed by atoms with Gasteiger partial charge in [0.05, 0.1) is 11.5 Å². The fourth-order valence-corrected chi connectivity index (χ4v) is 3.59. The summed E-state index contributed by atoms with van der Waals surface area (Å²) in [7, 11) is -3.80. The van der Waals surface area contributed by atoms with E-state index in [4.69, 9.17) is 4.74 Å². The number of hydrogen-bond acceptors (Lipinski definition) is 4. The number of nitrogens with zero attached hydrogens (tertiary/aromatic N) is 1. The Balaban J connectivity index is 2.15. The van der Waals surface area contributed by atoms with E-state index in [9.17, 15) is 26.4 Å². The standard InChI is InChI=1S/C15H19F3N2O4S/c1-2-24-8-6-19-25(22,23)13-4-3-11-5-7-20(10-12(11)9-13)14(21)15(16,17)18/h3-4,9,19H,2,5-8,10H2,1H3. The van der Waals surface area contributed by atoms with Gasteiger partial charge in [-0.25, -0.2) is 13.1 Å². The Labute approximate surface area is 144 Å². The molecule has 0 saturated heterocycles. The minimum atomic E-state index is -4.94. The fourth-order valence-electron chi connectivity index (χ4n) is 2.53. The van der Waals surface area contributed by atoms with Crippen LogP contribution in [-0.2, 0) is 32.5 Å². The van der Waals surface area contributed by atoms with Gasteiger partial charge in [-0.2, -0.15) is 13.2 Å². The van der Waals surface area contributed by atoms with Gasteiger partial charge in [0.15, 0.2) is 0 Å². The van der Waals surface area contributed by atoms with Gasteiger partial charge in [-0.05, 0) is 36.6 Å². The van der Waals surface area contributed by atoms with Crippen LogP contribution in [-0.4, -0.2) is 51.7 Å². The van der Waals surface area contributed by atoms with Crippen molar-refractivity contribution in [1.82, 2.24) is 9.62 Å². The first-order valence-corrected chi connectivity index (χ1v) is 9.19. The Morgan fingerprint density at radius 1 is 1.32 bits per heavy atom. The number of amides is 1. The number of carbonyl (C=O) groups is 1. The topological polar surface area (TPSA) is 75.7 Å². The molecule has 1 aromatic rings. The Morgan fingerprint density at radius 3 is 2.68 bits per heavy atom. The average Bonchev–Trinajstić information content (AvgIpc) is 2.56. The van der Waals surface area contributed by atoms with Gasteiger partial charge in [0.25, 0.3) is 0 Å². The Hall–Kier alpha value is -1.65. The van der Waals surface area contributed by atoms with Crippen molar-refractivity contribution in [3.05, 3.63) is 29.3 Å². The SMILES string of the molecule is CCOCCNS(=O)(=O)c1ccc2c(c1)CN(C(=O)C(F)(F)F)CC2. The highest BCUT2D eigenvalue weighted by molar-refractivity contribution is 7.89. The van der Waals surface area contributed by atoms with Crippen LogP contribution in [0.4, 0.5) is 13.2 Å². The molecule has 0 radical (unpaired) electrons. The lowest BCUT2D eigenvalue weighted by Crippen LogP contribution is -2.43. The van der Waals surface area contributed by atoms with Gasteiger partial charge < -0.3 is 9.64 Å². The number of benzene rings is 1. The first kappa shape index (κ1) is 19.7. The Bertz CT molecular complexity index is 735. The third kappa shape index (κ3) is 4.93. The molecule has 1 aliphatic heterocycles. The second-order valence-electron chi connectivity index (χ2n) is 5.50. The molecule has 1 heterocycles. The van der Waals surface area contributed by atoms with Crippen LogP contribution in [0.5, 0.6) is 0 Å². The summed E-state index contributed by atoms with van der Waals surface area (Å²) in [6.45, 7) is 2.23. The maximum atomic E-state index is 12.6. The van der Waals surface area contributed by atoms with Crippen molar-refractivity contribution in [1.29, 1.82) is 0 Å². The summed E-state index contributed by atoms with van der Waals surface area (Å²) in [5.74, 6) is -1.92. The van der Waals surface area contributed by atoms with E-state index in [1.165, 1.54) is 12.1 Å². The minimum absolute atomic E-state index is 0.0515. The van der Waals surface area contributed by atoms with E-state index in [0.717, 1.165) is 5.56 Å². The first-order valence-electron chi connectivity index (χ1n) is 7.70. The molecule has 0 saturated carbocycles. The summed E-state index contributed by atoms with van der Waals surface area (Å²) in [5, 5.41) is 0. The number of hydrogen-bond donors (Lipinski definition) is 1. The highest BCUT2D eigenvalue weighted by Gasteiger charge is 2.43. The lowest BCUT2D eigenvalue weighted by molar-refractivity contribution is -0.186. The molecule has 0 fully saturated rings. The van der Waals surface area contributed by atoms with Crippen LogP contribution in [0.25, 0.3) is 0 Å². The highest BCUT2D eigenvalue weighted by atomic mass is 32.2. The van der Waals surface area contributed by atoms with E-state index in [2.05, 4.69) is 4.72 Å². The van der Waals surface area contributed by atoms with Gasteiger partial charge in [0.2, 0.25) is 10.0 Å². The number of carbonyl (C=O) groups excluding carboxylic acids is 1. The van der Waals surface area contributed by atoms with Gasteiger partial charge in [-0.1, -0.05) is 6.07 Å². The molecular formula is C15H19F3N2O4S. The van der Waals surface area contributed by atoms with Crippen molar-refractivity contribution in [2.24, 2.45) is 0 Å². The number of nitrogens with one attached hydrogen (secondary N) is 1. The molecule has 2 rings (SSSR count). The van der Waals surface area contributed by atoms with Gasteiger partial charge >= 0.3 is 12.1 Å². The van der Waals surface area contributed by atoms with E-state index in [1.807, 2.05) is 0 Å². The summed E-state index contributed by atoms with van der Waals surface area (Å²) >= 11 is 0. The van der Waals surface area contributed by atoms with Gasteiger partial charge in [0, 0.05) is 26.2 Å². The summed E-state index contributed by atoms with van der Waals surface area (Å²) in [6, 6.07) is 4.29. The fraction of sp³-hybridized carbons (Fsp3) is 0.533. The zero-order chi connectivity index (χ0) is 18.7. The molecule has 10 heteroatoms. The summed E-state index contributed by atoms with van der Waals surface area (Å²) in [5.41, 5.74) is 1.14. The number of sulfonamides is 1. The van der Waals surface area contributed by atoms with Crippen LogP contribution in [0.2, 0.25) is 0 Å². The monoisotopic (exact) mass is 380 g/mol. The van der Waals surface area contributed by atoms with E-state index >= 15 is 0 Å². The molecule has 0 atom stereocenters. The number of alkyl halides is 3. The van der Waals surface area contributed by atoms with Crippen molar-refractivity contribution < 1.29 is 31.1 Å². The van der Waals surface area contributed by atoms with Crippen molar-refractivity contribution in [2.75, 3.05) is 26.3 Å². The number of ether oxygens (including phenoxy) is 1. The molecule has 0 aliphatic carbocycles.